The molecule has 1 aliphatic heterocycles. The summed E-state index contributed by atoms with van der Waals surface area (Å²) in [6.07, 6.45) is -3.02. The second-order valence-electron chi connectivity index (χ2n) is 4.73. The average molecular weight is 286 g/mol. The van der Waals surface area contributed by atoms with E-state index in [1.165, 1.54) is 12.1 Å². The largest absolute Gasteiger partial charge is 0.475 e. The number of halogens is 3. The average Bonchev–Trinajstić information content (AvgIpc) is 2.83. The second kappa shape index (κ2) is 6.26. The molecule has 1 heterocycles. The minimum atomic E-state index is -4.33. The Morgan fingerprint density at radius 1 is 1.30 bits per heavy atom. The maximum atomic E-state index is 12.9. The lowest BCUT2D eigenvalue weighted by molar-refractivity contribution is -0.138. The molecule has 0 radical (unpaired) electrons. The van der Waals surface area contributed by atoms with Gasteiger partial charge in [0.25, 0.3) is 0 Å². The zero-order chi connectivity index (χ0) is 14.6. The Morgan fingerprint density at radius 3 is 2.75 bits per heavy atom. The van der Waals surface area contributed by atoms with Gasteiger partial charge >= 0.3 is 6.18 Å². The molecule has 1 atom stereocenters. The number of nitrogens with zero attached hydrogens (tertiary/aromatic N) is 1. The molecule has 2 N–H and O–H groups in total. The van der Waals surface area contributed by atoms with Gasteiger partial charge < -0.3 is 10.5 Å². The van der Waals surface area contributed by atoms with Crippen molar-refractivity contribution in [2.24, 2.45) is 10.7 Å². The molecule has 0 bridgehead atoms. The summed E-state index contributed by atoms with van der Waals surface area (Å²) in [4.78, 5) is 4.20. The number of hydrogen-bond donors (Lipinski definition) is 1. The number of rotatable bonds is 5. The van der Waals surface area contributed by atoms with Gasteiger partial charge in [-0.2, -0.15) is 13.2 Å². The molecule has 3 nitrogen and oxygen atoms in total. The number of hydrogen-bond acceptors (Lipinski definition) is 3. The molecular weight excluding hydrogens is 269 g/mol. The predicted molar refractivity (Wildman–Crippen MR) is 70.6 cm³/mol. The van der Waals surface area contributed by atoms with Crippen LogP contribution in [0.25, 0.3) is 0 Å². The van der Waals surface area contributed by atoms with Crippen molar-refractivity contribution in [2.75, 3.05) is 13.1 Å². The third kappa shape index (κ3) is 3.72. The molecule has 20 heavy (non-hydrogen) atoms. The Hall–Kier alpha value is -1.56. The lowest BCUT2D eigenvalue weighted by atomic mass is 10.0. The molecule has 0 spiro atoms. The first-order valence-electron chi connectivity index (χ1n) is 6.56. The standard InChI is InChI=1S/C14H17F3N2O/c15-14(16,17)12-5-2-1-4-10(12)8-11-9-19-13(20-11)6-3-7-18/h1-2,4-5,11H,3,6-9,18H2. The summed E-state index contributed by atoms with van der Waals surface area (Å²) < 4.78 is 44.2. The minimum absolute atomic E-state index is 0.214. The van der Waals surface area contributed by atoms with Crippen molar-refractivity contribution < 1.29 is 17.9 Å². The van der Waals surface area contributed by atoms with Crippen LogP contribution in [0.15, 0.2) is 29.3 Å². The van der Waals surface area contributed by atoms with Crippen LogP contribution in [0.3, 0.4) is 0 Å². The monoisotopic (exact) mass is 286 g/mol. The molecule has 110 valence electrons. The van der Waals surface area contributed by atoms with Crippen molar-refractivity contribution in [1.82, 2.24) is 0 Å². The lowest BCUT2D eigenvalue weighted by Gasteiger charge is -2.16. The summed E-state index contributed by atoms with van der Waals surface area (Å²) >= 11 is 0. The first-order valence-corrected chi connectivity index (χ1v) is 6.56. The minimum Gasteiger partial charge on any atom is -0.475 e. The van der Waals surface area contributed by atoms with E-state index in [0.717, 1.165) is 12.5 Å². The third-order valence-corrected chi connectivity index (χ3v) is 3.14. The van der Waals surface area contributed by atoms with Crippen LogP contribution in [-0.2, 0) is 17.3 Å². The molecule has 1 aliphatic rings. The molecule has 0 saturated heterocycles. The zero-order valence-corrected chi connectivity index (χ0v) is 11.0. The summed E-state index contributed by atoms with van der Waals surface area (Å²) in [5, 5.41) is 0. The van der Waals surface area contributed by atoms with E-state index in [0.29, 0.717) is 25.4 Å². The molecule has 1 aromatic carbocycles. The van der Waals surface area contributed by atoms with Crippen LogP contribution in [0.1, 0.15) is 24.0 Å². The maximum absolute atomic E-state index is 12.9. The van der Waals surface area contributed by atoms with Gasteiger partial charge in [-0.05, 0) is 24.6 Å². The molecule has 1 unspecified atom stereocenters. The molecule has 2 rings (SSSR count). The highest BCUT2D eigenvalue weighted by Crippen LogP contribution is 2.32. The van der Waals surface area contributed by atoms with Gasteiger partial charge in [0.05, 0.1) is 12.1 Å². The number of aliphatic imine (C=N–C) groups is 1. The third-order valence-electron chi connectivity index (χ3n) is 3.14. The van der Waals surface area contributed by atoms with Gasteiger partial charge in [0.15, 0.2) is 5.90 Å². The fourth-order valence-electron chi connectivity index (χ4n) is 2.19. The highest BCUT2D eigenvalue weighted by atomic mass is 19.4. The summed E-state index contributed by atoms with van der Waals surface area (Å²) in [6.45, 7) is 0.954. The topological polar surface area (TPSA) is 47.6 Å². The van der Waals surface area contributed by atoms with Crippen LogP contribution in [0, 0.1) is 0 Å². The highest BCUT2D eigenvalue weighted by Gasteiger charge is 2.34. The molecule has 0 saturated carbocycles. The fraction of sp³-hybridized carbons (Fsp3) is 0.500. The number of benzene rings is 1. The van der Waals surface area contributed by atoms with Crippen molar-refractivity contribution in [2.45, 2.75) is 31.5 Å². The van der Waals surface area contributed by atoms with E-state index in [9.17, 15) is 13.2 Å². The van der Waals surface area contributed by atoms with Crippen LogP contribution >= 0.6 is 0 Å². The number of alkyl halides is 3. The summed E-state index contributed by atoms with van der Waals surface area (Å²) in [7, 11) is 0. The van der Waals surface area contributed by atoms with E-state index >= 15 is 0 Å². The zero-order valence-electron chi connectivity index (χ0n) is 11.0. The SMILES string of the molecule is NCCCC1=NCC(Cc2ccccc2C(F)(F)F)O1. The summed E-state index contributed by atoms with van der Waals surface area (Å²) in [5.74, 6) is 0.602. The highest BCUT2D eigenvalue weighted by molar-refractivity contribution is 5.77. The first kappa shape index (κ1) is 14.8. The smallest absolute Gasteiger partial charge is 0.416 e. The summed E-state index contributed by atoms with van der Waals surface area (Å²) in [5.41, 5.74) is 5.05. The molecule has 6 heteroatoms. The van der Waals surface area contributed by atoms with Gasteiger partial charge in [0.2, 0.25) is 0 Å². The normalized spacial score (nSPS) is 18.8. The van der Waals surface area contributed by atoms with Crippen LogP contribution in [0.5, 0.6) is 0 Å². The van der Waals surface area contributed by atoms with Crippen molar-refractivity contribution in [3.05, 3.63) is 35.4 Å². The fourth-order valence-corrected chi connectivity index (χ4v) is 2.19. The van der Waals surface area contributed by atoms with E-state index in [1.54, 1.807) is 6.07 Å². The molecule has 0 aliphatic carbocycles. The van der Waals surface area contributed by atoms with Crippen molar-refractivity contribution in [3.8, 4) is 0 Å². The van der Waals surface area contributed by atoms with Gasteiger partial charge in [0.1, 0.15) is 6.10 Å². The Labute approximate surface area is 115 Å². The second-order valence-corrected chi connectivity index (χ2v) is 4.73. The van der Waals surface area contributed by atoms with Crippen molar-refractivity contribution >= 4 is 5.90 Å². The molecular formula is C14H17F3N2O. The van der Waals surface area contributed by atoms with Crippen LogP contribution in [0.2, 0.25) is 0 Å². The van der Waals surface area contributed by atoms with Crippen LogP contribution < -0.4 is 5.73 Å². The van der Waals surface area contributed by atoms with E-state index in [-0.39, 0.29) is 18.1 Å². The Kier molecular flexibility index (Phi) is 4.65. The maximum Gasteiger partial charge on any atom is 0.416 e. The Bertz CT molecular complexity index is 486. The van der Waals surface area contributed by atoms with Crippen LogP contribution in [0.4, 0.5) is 13.2 Å². The van der Waals surface area contributed by atoms with Gasteiger partial charge in [-0.25, -0.2) is 0 Å². The Balaban J connectivity index is 1.99. The van der Waals surface area contributed by atoms with E-state index in [2.05, 4.69) is 4.99 Å². The van der Waals surface area contributed by atoms with Crippen molar-refractivity contribution in [1.29, 1.82) is 0 Å². The van der Waals surface area contributed by atoms with E-state index in [1.807, 2.05) is 0 Å². The predicted octanol–water partition coefficient (Wildman–Crippen LogP) is 2.78. The quantitative estimate of drug-likeness (QED) is 0.904. The molecule has 0 aromatic heterocycles. The lowest BCUT2D eigenvalue weighted by Crippen LogP contribution is -2.19. The number of nitrogens with two attached hydrogens (primary N) is 1. The molecule has 0 amide bonds. The van der Waals surface area contributed by atoms with Crippen molar-refractivity contribution in [3.63, 3.8) is 0 Å². The van der Waals surface area contributed by atoms with E-state index < -0.39 is 11.7 Å². The van der Waals surface area contributed by atoms with E-state index in [4.69, 9.17) is 10.5 Å². The first-order chi connectivity index (χ1) is 9.50. The Morgan fingerprint density at radius 2 is 2.05 bits per heavy atom. The van der Waals surface area contributed by atoms with Gasteiger partial charge in [-0.3, -0.25) is 4.99 Å². The van der Waals surface area contributed by atoms with Gasteiger partial charge in [-0.1, -0.05) is 18.2 Å². The molecule has 1 aromatic rings. The summed E-state index contributed by atoms with van der Waals surface area (Å²) in [6, 6.07) is 5.59. The number of ether oxygens (including phenoxy) is 1. The molecule has 0 fully saturated rings. The van der Waals surface area contributed by atoms with Crippen LogP contribution in [-0.4, -0.2) is 25.1 Å². The van der Waals surface area contributed by atoms with Gasteiger partial charge in [0, 0.05) is 12.8 Å². The van der Waals surface area contributed by atoms with Gasteiger partial charge in [-0.15, -0.1) is 0 Å².